The van der Waals surface area contributed by atoms with Gasteiger partial charge in [0.25, 0.3) is 10.0 Å². The highest BCUT2D eigenvalue weighted by Gasteiger charge is 2.30. The largest absolute Gasteiger partial charge is 0.324 e. The number of sulfonamides is 2. The average molecular weight is 538 g/mol. The van der Waals surface area contributed by atoms with Gasteiger partial charge in [-0.25, -0.2) is 31.5 Å². The van der Waals surface area contributed by atoms with Crippen LogP contribution in [-0.2, 0) is 24.8 Å². The zero-order valence-corrected chi connectivity index (χ0v) is 21.7. The number of benzene rings is 2. The van der Waals surface area contributed by atoms with Crippen LogP contribution in [0.1, 0.15) is 18.2 Å². The molecule has 0 aliphatic carbocycles. The van der Waals surface area contributed by atoms with E-state index in [0.717, 1.165) is 10.6 Å². The molecule has 1 heterocycles. The first-order valence-electron chi connectivity index (χ1n) is 10.3. The fraction of sp³-hybridized carbons (Fsp3) is 0.227. The Morgan fingerprint density at radius 1 is 1.03 bits per heavy atom. The number of aryl methyl sites for hydroxylation is 2. The Labute approximate surface area is 209 Å². The fourth-order valence-electron chi connectivity index (χ4n) is 3.24. The van der Waals surface area contributed by atoms with Gasteiger partial charge in [-0.3, -0.25) is 9.10 Å². The van der Waals surface area contributed by atoms with Gasteiger partial charge in [0.05, 0.1) is 16.8 Å². The number of nitrogens with one attached hydrogen (secondary N) is 2. The molecule has 0 aliphatic rings. The molecule has 186 valence electrons. The standard InChI is InChI=1S/C22H24ClN5O5S2/c1-14-5-6-17(23)13-20(14)28(34(4,30)31)16(3)21(29)26-18-7-9-19(10-8-18)35(32,33)27-22-24-12-11-15(2)25-22/h5-13,16H,1-4H3,(H,26,29)(H,24,25,27)/t16-/m1/s1. The van der Waals surface area contributed by atoms with Crippen LogP contribution in [0.4, 0.5) is 17.3 Å². The lowest BCUT2D eigenvalue weighted by atomic mass is 10.1. The molecule has 35 heavy (non-hydrogen) atoms. The molecular formula is C22H24ClN5O5S2. The lowest BCUT2D eigenvalue weighted by molar-refractivity contribution is -0.116. The molecule has 13 heteroatoms. The minimum atomic E-state index is -3.96. The van der Waals surface area contributed by atoms with Crippen LogP contribution in [0.25, 0.3) is 0 Å². The smallest absolute Gasteiger partial charge is 0.264 e. The Bertz CT molecular complexity index is 1460. The third kappa shape index (κ3) is 6.47. The molecule has 0 radical (unpaired) electrons. The van der Waals surface area contributed by atoms with Crippen molar-refractivity contribution in [2.24, 2.45) is 0 Å². The van der Waals surface area contributed by atoms with E-state index in [1.165, 1.54) is 43.5 Å². The van der Waals surface area contributed by atoms with E-state index in [4.69, 9.17) is 11.6 Å². The summed E-state index contributed by atoms with van der Waals surface area (Å²) in [6.45, 7) is 4.86. The third-order valence-corrected chi connectivity index (χ3v) is 7.76. The van der Waals surface area contributed by atoms with Gasteiger partial charge < -0.3 is 5.32 Å². The number of rotatable bonds is 8. The second-order valence-corrected chi connectivity index (χ2v) is 11.8. The van der Waals surface area contributed by atoms with Crippen molar-refractivity contribution in [3.8, 4) is 0 Å². The molecule has 1 amide bonds. The maximum Gasteiger partial charge on any atom is 0.264 e. The van der Waals surface area contributed by atoms with Crippen LogP contribution < -0.4 is 14.3 Å². The molecule has 0 spiro atoms. The Morgan fingerprint density at radius 2 is 1.69 bits per heavy atom. The zero-order chi connectivity index (χ0) is 26.0. The summed E-state index contributed by atoms with van der Waals surface area (Å²) in [5.41, 5.74) is 1.79. The van der Waals surface area contributed by atoms with E-state index < -0.39 is 32.0 Å². The number of halogens is 1. The third-order valence-electron chi connectivity index (χ3n) is 4.95. The number of amides is 1. The molecule has 3 rings (SSSR count). The maximum atomic E-state index is 12.9. The summed E-state index contributed by atoms with van der Waals surface area (Å²) < 4.78 is 53.6. The first kappa shape index (κ1) is 26.4. The van der Waals surface area contributed by atoms with E-state index >= 15 is 0 Å². The lowest BCUT2D eigenvalue weighted by Crippen LogP contribution is -2.45. The van der Waals surface area contributed by atoms with Crippen molar-refractivity contribution in [3.63, 3.8) is 0 Å². The van der Waals surface area contributed by atoms with Crippen LogP contribution in [0.5, 0.6) is 0 Å². The van der Waals surface area contributed by atoms with Crippen LogP contribution in [0, 0.1) is 13.8 Å². The van der Waals surface area contributed by atoms with E-state index in [0.29, 0.717) is 16.3 Å². The van der Waals surface area contributed by atoms with Gasteiger partial charge in [-0.05, 0) is 68.8 Å². The number of nitrogens with zero attached hydrogens (tertiary/aromatic N) is 3. The number of carbonyl (C=O) groups excluding carboxylic acids is 1. The first-order valence-corrected chi connectivity index (χ1v) is 14.0. The fourth-order valence-corrected chi connectivity index (χ4v) is 5.58. The highest BCUT2D eigenvalue weighted by molar-refractivity contribution is 7.92. The molecule has 0 fully saturated rings. The molecular weight excluding hydrogens is 514 g/mol. The number of hydrogen-bond acceptors (Lipinski definition) is 7. The van der Waals surface area contributed by atoms with E-state index in [1.807, 2.05) is 0 Å². The predicted octanol–water partition coefficient (Wildman–Crippen LogP) is 3.34. The van der Waals surface area contributed by atoms with E-state index in [-0.39, 0.29) is 22.2 Å². The highest BCUT2D eigenvalue weighted by atomic mass is 35.5. The van der Waals surface area contributed by atoms with Crippen molar-refractivity contribution < 1.29 is 21.6 Å². The average Bonchev–Trinajstić information content (AvgIpc) is 2.75. The van der Waals surface area contributed by atoms with Crippen molar-refractivity contribution in [3.05, 3.63) is 71.0 Å². The van der Waals surface area contributed by atoms with Crippen LogP contribution in [0.3, 0.4) is 0 Å². The molecule has 0 saturated heterocycles. The van der Waals surface area contributed by atoms with Gasteiger partial charge in [-0.2, -0.15) is 0 Å². The normalized spacial score (nSPS) is 12.6. The molecule has 1 aromatic heterocycles. The molecule has 0 bridgehead atoms. The summed E-state index contributed by atoms with van der Waals surface area (Å²) in [5.74, 6) is -0.676. The Balaban J connectivity index is 1.79. The molecule has 1 atom stereocenters. The number of hydrogen-bond donors (Lipinski definition) is 2. The molecule has 0 aliphatic heterocycles. The van der Waals surface area contributed by atoms with Gasteiger partial charge in [0.1, 0.15) is 6.04 Å². The number of aromatic nitrogens is 2. The van der Waals surface area contributed by atoms with Gasteiger partial charge in [0, 0.05) is 22.6 Å². The van der Waals surface area contributed by atoms with Crippen molar-refractivity contribution in [2.45, 2.75) is 31.7 Å². The quantitative estimate of drug-likeness (QED) is 0.449. The molecule has 2 N–H and O–H groups in total. The van der Waals surface area contributed by atoms with Gasteiger partial charge >= 0.3 is 0 Å². The Morgan fingerprint density at radius 3 is 2.29 bits per heavy atom. The van der Waals surface area contributed by atoms with E-state index in [2.05, 4.69) is 20.0 Å². The first-order chi connectivity index (χ1) is 16.3. The summed E-state index contributed by atoms with van der Waals surface area (Å²) in [7, 11) is -7.80. The molecule has 10 nitrogen and oxygen atoms in total. The summed E-state index contributed by atoms with van der Waals surface area (Å²) in [5, 5.41) is 2.94. The summed E-state index contributed by atoms with van der Waals surface area (Å²) in [6.07, 6.45) is 2.44. The summed E-state index contributed by atoms with van der Waals surface area (Å²) in [4.78, 5) is 20.8. The van der Waals surface area contributed by atoms with Crippen molar-refractivity contribution in [1.82, 2.24) is 9.97 Å². The van der Waals surface area contributed by atoms with Crippen LogP contribution in [0.2, 0.25) is 5.02 Å². The molecule has 2 aromatic carbocycles. The lowest BCUT2D eigenvalue weighted by Gasteiger charge is -2.29. The topological polar surface area (TPSA) is 138 Å². The SMILES string of the molecule is Cc1ccnc(NS(=O)(=O)c2ccc(NC(=O)[C@@H](C)N(c3cc(Cl)ccc3C)S(C)(=O)=O)cc2)n1. The Hall–Kier alpha value is -3.22. The van der Waals surface area contributed by atoms with E-state index in [1.54, 1.807) is 32.0 Å². The second kappa shape index (κ2) is 10.2. The van der Waals surface area contributed by atoms with Gasteiger partial charge in [-0.15, -0.1) is 0 Å². The maximum absolute atomic E-state index is 12.9. The van der Waals surface area contributed by atoms with Gasteiger partial charge in [-0.1, -0.05) is 17.7 Å². The second-order valence-electron chi connectivity index (χ2n) is 7.81. The van der Waals surface area contributed by atoms with Crippen LogP contribution >= 0.6 is 11.6 Å². The highest BCUT2D eigenvalue weighted by Crippen LogP contribution is 2.28. The minimum Gasteiger partial charge on any atom is -0.324 e. The minimum absolute atomic E-state index is 0.0617. The number of carbonyl (C=O) groups is 1. The summed E-state index contributed by atoms with van der Waals surface area (Å²) >= 11 is 6.05. The van der Waals surface area contributed by atoms with Crippen molar-refractivity contribution >= 4 is 54.9 Å². The Kier molecular flexibility index (Phi) is 7.68. The molecule has 0 unspecified atom stereocenters. The van der Waals surface area contributed by atoms with Crippen molar-refractivity contribution in [2.75, 3.05) is 20.6 Å². The summed E-state index contributed by atoms with van der Waals surface area (Å²) in [6, 6.07) is 10.7. The van der Waals surface area contributed by atoms with Crippen LogP contribution in [-0.4, -0.2) is 45.0 Å². The number of anilines is 3. The van der Waals surface area contributed by atoms with Gasteiger partial charge in [0.2, 0.25) is 21.9 Å². The molecule has 0 saturated carbocycles. The van der Waals surface area contributed by atoms with Crippen LogP contribution in [0.15, 0.2) is 59.6 Å². The van der Waals surface area contributed by atoms with Gasteiger partial charge in [0.15, 0.2) is 0 Å². The zero-order valence-electron chi connectivity index (χ0n) is 19.4. The molecule has 3 aromatic rings. The monoisotopic (exact) mass is 537 g/mol. The predicted molar refractivity (Wildman–Crippen MR) is 136 cm³/mol. The van der Waals surface area contributed by atoms with Crippen molar-refractivity contribution in [1.29, 1.82) is 0 Å². The van der Waals surface area contributed by atoms with E-state index in [9.17, 15) is 21.6 Å².